The molecule has 1 saturated heterocycles. The molecule has 0 radical (unpaired) electrons. The van der Waals surface area contributed by atoms with Crippen LogP contribution in [0.25, 0.3) is 0 Å². The van der Waals surface area contributed by atoms with Crippen molar-refractivity contribution < 1.29 is 37.3 Å². The molecule has 4 atom stereocenters. The highest BCUT2D eigenvalue weighted by molar-refractivity contribution is 5.99. The largest absolute Gasteiger partial charge is 0.503 e. The van der Waals surface area contributed by atoms with Gasteiger partial charge in [0.2, 0.25) is 5.43 Å². The molecule has 5 rings (SSSR count). The Labute approximate surface area is 245 Å². The van der Waals surface area contributed by atoms with E-state index >= 15 is 0 Å². The number of carbonyl (C=O) groups is 2. The average molecular weight is 600 g/mol. The Balaban J connectivity index is 1.48. The van der Waals surface area contributed by atoms with E-state index in [4.69, 9.17) is 9.47 Å². The number of carbonyl (C=O) groups excluding carboxylic acids is 2. The summed E-state index contributed by atoms with van der Waals surface area (Å²) >= 11 is 0. The fourth-order valence-electron chi connectivity index (χ4n) is 5.69. The molecule has 3 heterocycles. The first-order chi connectivity index (χ1) is 20.6. The van der Waals surface area contributed by atoms with E-state index in [1.165, 1.54) is 10.8 Å². The minimum absolute atomic E-state index is 0.192. The summed E-state index contributed by atoms with van der Waals surface area (Å²) in [5.41, 5.74) is -1.52. The first kappa shape index (κ1) is 30.3. The molecule has 2 N–H and O–H groups in total. The maximum atomic E-state index is 14.1. The summed E-state index contributed by atoms with van der Waals surface area (Å²) in [6.07, 6.45) is 1.58. The van der Waals surface area contributed by atoms with Gasteiger partial charge in [0, 0.05) is 56.1 Å². The number of pyridine rings is 1. The van der Waals surface area contributed by atoms with E-state index in [0.717, 1.165) is 5.56 Å². The van der Waals surface area contributed by atoms with Gasteiger partial charge < -0.3 is 29.4 Å². The summed E-state index contributed by atoms with van der Waals surface area (Å²) < 4.78 is 55.3. The molecule has 0 saturated carbocycles. The molecule has 2 aliphatic heterocycles. The van der Waals surface area contributed by atoms with E-state index in [2.05, 4.69) is 5.32 Å². The van der Waals surface area contributed by atoms with Crippen molar-refractivity contribution in [3.63, 3.8) is 0 Å². The lowest BCUT2D eigenvalue weighted by Crippen LogP contribution is -2.49. The van der Waals surface area contributed by atoms with Crippen molar-refractivity contribution in [3.8, 4) is 5.75 Å². The second kappa shape index (κ2) is 12.6. The van der Waals surface area contributed by atoms with Crippen molar-refractivity contribution in [2.45, 2.75) is 64.1 Å². The van der Waals surface area contributed by atoms with Gasteiger partial charge in [-0.25, -0.2) is 13.2 Å². The highest BCUT2D eigenvalue weighted by Gasteiger charge is 2.43. The van der Waals surface area contributed by atoms with Crippen LogP contribution < -0.4 is 10.7 Å². The van der Waals surface area contributed by atoms with Crippen LogP contribution in [0, 0.1) is 17.5 Å². The van der Waals surface area contributed by atoms with Crippen LogP contribution in [0.3, 0.4) is 0 Å². The van der Waals surface area contributed by atoms with E-state index in [9.17, 15) is 32.7 Å². The smallest absolute Gasteiger partial charge is 0.274 e. The summed E-state index contributed by atoms with van der Waals surface area (Å²) in [5, 5.41) is 13.2. The molecular weight excluding hydrogens is 567 g/mol. The third-order valence-electron chi connectivity index (χ3n) is 7.95. The molecule has 0 unspecified atom stereocenters. The van der Waals surface area contributed by atoms with Crippen molar-refractivity contribution in [2.75, 3.05) is 13.2 Å². The second-order valence-electron chi connectivity index (χ2n) is 10.7. The third-order valence-corrected chi connectivity index (χ3v) is 7.95. The number of ether oxygens (including phenoxy) is 2. The first-order valence-electron chi connectivity index (χ1n) is 14.1. The summed E-state index contributed by atoms with van der Waals surface area (Å²) in [6, 6.07) is 9.79. The number of amides is 2. The van der Waals surface area contributed by atoms with E-state index in [0.29, 0.717) is 38.0 Å². The second-order valence-corrected chi connectivity index (χ2v) is 10.7. The van der Waals surface area contributed by atoms with Gasteiger partial charge in [0.05, 0.1) is 12.1 Å². The van der Waals surface area contributed by atoms with Crippen LogP contribution >= 0.6 is 0 Å². The van der Waals surface area contributed by atoms with Gasteiger partial charge in [0.15, 0.2) is 17.7 Å². The molecule has 228 valence electrons. The number of nitrogens with zero attached hydrogens (tertiary/aromatic N) is 2. The molecule has 0 spiro atoms. The van der Waals surface area contributed by atoms with Crippen LogP contribution in [-0.2, 0) is 22.4 Å². The minimum Gasteiger partial charge on any atom is -0.503 e. The number of rotatable bonds is 9. The van der Waals surface area contributed by atoms with E-state index < -0.39 is 76.6 Å². The minimum atomic E-state index is -1.21. The Morgan fingerprint density at radius 2 is 1.81 bits per heavy atom. The molecule has 1 fully saturated rings. The van der Waals surface area contributed by atoms with Gasteiger partial charge in [-0.3, -0.25) is 14.4 Å². The molecule has 12 heteroatoms. The number of aromatic nitrogens is 1. The molecule has 2 amide bonds. The van der Waals surface area contributed by atoms with E-state index in [1.54, 1.807) is 4.90 Å². The maximum absolute atomic E-state index is 14.1. The number of hydrogen-bond acceptors (Lipinski definition) is 6. The monoisotopic (exact) mass is 599 g/mol. The Bertz CT molecular complexity index is 1560. The van der Waals surface area contributed by atoms with Gasteiger partial charge in [-0.15, -0.1) is 0 Å². The fraction of sp³-hybridized carbons (Fsp3) is 0.387. The summed E-state index contributed by atoms with van der Waals surface area (Å²) in [4.78, 5) is 41.2. The van der Waals surface area contributed by atoms with Gasteiger partial charge in [0.1, 0.15) is 23.0 Å². The predicted molar refractivity (Wildman–Crippen MR) is 149 cm³/mol. The zero-order valence-electron chi connectivity index (χ0n) is 23.7. The zero-order valence-corrected chi connectivity index (χ0v) is 23.7. The van der Waals surface area contributed by atoms with Gasteiger partial charge >= 0.3 is 0 Å². The van der Waals surface area contributed by atoms with Crippen LogP contribution in [0.2, 0.25) is 0 Å². The first-order valence-corrected chi connectivity index (χ1v) is 14.1. The molecule has 2 aliphatic rings. The number of aromatic hydroxyl groups is 1. The number of hydrogen-bond donors (Lipinski definition) is 2. The summed E-state index contributed by atoms with van der Waals surface area (Å²) in [5.74, 6) is -6.05. The standard InChI is InChI=1S/C31H32F3N3O6/c1-3-42-26(11-18-7-5-4-6-8-18)43-25-10-9-17(2)36-16-24(25)37-15-21(28(38)29(39)27(37)31(36)41)30(40)35-14-20-22(33)12-19(32)13-23(20)34/h4-8,12-13,15,17,24-26,39H,3,9-11,14,16H2,1-2H3,(H,35,40)/t17-,24+,25+,26-/m0/s1. The van der Waals surface area contributed by atoms with Crippen LogP contribution in [0.15, 0.2) is 53.5 Å². The van der Waals surface area contributed by atoms with Crippen LogP contribution in [0.1, 0.15) is 64.7 Å². The van der Waals surface area contributed by atoms with E-state index in [1.807, 2.05) is 44.2 Å². The quantitative estimate of drug-likeness (QED) is 0.359. The SMILES string of the molecule is CCO[C@H](Cc1ccccc1)O[C@@H]1CC[C@H](C)N2C[C@H]1n1cc(C(=O)NCc3c(F)cc(F)cc3F)c(=O)c(O)c1C2=O. The van der Waals surface area contributed by atoms with Crippen LogP contribution in [0.5, 0.6) is 5.75 Å². The molecule has 43 heavy (non-hydrogen) atoms. The van der Waals surface area contributed by atoms with Crippen molar-refractivity contribution in [2.24, 2.45) is 0 Å². The van der Waals surface area contributed by atoms with E-state index in [-0.39, 0.29) is 18.3 Å². The van der Waals surface area contributed by atoms with Crippen molar-refractivity contribution >= 4 is 11.8 Å². The highest BCUT2D eigenvalue weighted by atomic mass is 19.1. The zero-order chi connectivity index (χ0) is 30.8. The fourth-order valence-corrected chi connectivity index (χ4v) is 5.69. The lowest BCUT2D eigenvalue weighted by molar-refractivity contribution is -0.178. The molecule has 0 aliphatic carbocycles. The van der Waals surface area contributed by atoms with Crippen molar-refractivity contribution in [3.05, 3.63) is 98.7 Å². The average Bonchev–Trinajstić information content (AvgIpc) is 3.10. The maximum Gasteiger partial charge on any atom is 0.274 e. The summed E-state index contributed by atoms with van der Waals surface area (Å²) in [6.45, 7) is 3.62. The van der Waals surface area contributed by atoms with Gasteiger partial charge in [-0.05, 0) is 32.3 Å². The Morgan fingerprint density at radius 1 is 1.12 bits per heavy atom. The number of benzene rings is 2. The number of fused-ring (bicyclic) bond motifs is 4. The predicted octanol–water partition coefficient (Wildman–Crippen LogP) is 4.07. The van der Waals surface area contributed by atoms with Crippen LogP contribution in [-0.4, -0.2) is 58.0 Å². The van der Waals surface area contributed by atoms with Crippen molar-refractivity contribution in [1.82, 2.24) is 14.8 Å². The Kier molecular flexibility index (Phi) is 8.88. The lowest BCUT2D eigenvalue weighted by Gasteiger charge is -2.39. The molecule has 1 aromatic heterocycles. The highest BCUT2D eigenvalue weighted by Crippen LogP contribution is 2.36. The number of halogens is 3. The molecule has 9 nitrogen and oxygen atoms in total. The molecule has 3 aromatic rings. The normalized spacial score (nSPS) is 20.3. The molecule has 2 aromatic carbocycles. The van der Waals surface area contributed by atoms with Gasteiger partial charge in [0.25, 0.3) is 11.8 Å². The summed E-state index contributed by atoms with van der Waals surface area (Å²) in [7, 11) is 0. The Morgan fingerprint density at radius 3 is 2.49 bits per heavy atom. The van der Waals surface area contributed by atoms with Crippen molar-refractivity contribution in [1.29, 1.82) is 0 Å². The number of nitrogens with one attached hydrogen (secondary N) is 1. The lowest BCUT2D eigenvalue weighted by atomic mass is 10.0. The van der Waals surface area contributed by atoms with Gasteiger partial charge in [-0.1, -0.05) is 30.3 Å². The molecule has 2 bridgehead atoms. The van der Waals surface area contributed by atoms with Crippen LogP contribution in [0.4, 0.5) is 13.2 Å². The molecular formula is C31H32F3N3O6. The third kappa shape index (κ3) is 6.16. The topological polar surface area (TPSA) is 110 Å². The van der Waals surface area contributed by atoms with Gasteiger partial charge in [-0.2, -0.15) is 0 Å². The Hall–Kier alpha value is -4.16.